The summed E-state index contributed by atoms with van der Waals surface area (Å²) in [5, 5.41) is 0. The summed E-state index contributed by atoms with van der Waals surface area (Å²) in [5.74, 6) is -14.5. The third kappa shape index (κ3) is 2.73. The minimum Gasteiger partial charge on any atom is -0.415 e. The lowest BCUT2D eigenvalue weighted by molar-refractivity contribution is -0.130. The quantitative estimate of drug-likeness (QED) is 0.125. The van der Waals surface area contributed by atoms with Crippen LogP contribution in [0.25, 0.3) is 0 Å². The van der Waals surface area contributed by atoms with E-state index in [4.69, 9.17) is 0 Å². The minimum atomic E-state index is -2.36. The van der Waals surface area contributed by atoms with Crippen molar-refractivity contribution in [2.75, 3.05) is 0 Å². The van der Waals surface area contributed by atoms with Gasteiger partial charge in [0.15, 0.2) is 0 Å². The van der Waals surface area contributed by atoms with Gasteiger partial charge in [-0.2, -0.15) is 8.78 Å². The minimum absolute atomic E-state index is 0.524. The molecule has 106 valence electrons. The van der Waals surface area contributed by atoms with E-state index in [1.165, 1.54) is 0 Å². The summed E-state index contributed by atoms with van der Waals surface area (Å²) < 4.78 is 69.1. The van der Waals surface area contributed by atoms with E-state index in [1.807, 2.05) is 0 Å². The molecule has 20 heavy (non-hydrogen) atoms. The maximum Gasteiger partial charge on any atom is 0.362 e. The van der Waals surface area contributed by atoms with Gasteiger partial charge in [0.05, 0.1) is 0 Å². The van der Waals surface area contributed by atoms with Crippen LogP contribution in [-0.2, 0) is 4.79 Å². The Morgan fingerprint density at radius 2 is 1.45 bits per heavy atom. The van der Waals surface area contributed by atoms with Crippen LogP contribution in [0.5, 0.6) is 5.75 Å². The van der Waals surface area contributed by atoms with Gasteiger partial charge in [-0.1, -0.05) is 12.7 Å². The molecule has 3 nitrogen and oxygen atoms in total. The molecule has 0 bridgehead atoms. The van der Waals surface area contributed by atoms with Crippen molar-refractivity contribution >= 4 is 12.7 Å². The summed E-state index contributed by atoms with van der Waals surface area (Å²) in [6.07, 6.45) is 2.06. The highest BCUT2D eigenvalue weighted by molar-refractivity contribution is 5.90. The van der Waals surface area contributed by atoms with E-state index in [0.29, 0.717) is 0 Å². The van der Waals surface area contributed by atoms with Crippen LogP contribution in [-0.4, -0.2) is 12.7 Å². The molecule has 0 aliphatic carbocycles. The van der Waals surface area contributed by atoms with Gasteiger partial charge in [0.2, 0.25) is 34.8 Å². The Kier molecular flexibility index (Phi) is 4.73. The largest absolute Gasteiger partial charge is 0.415 e. The lowest BCUT2D eigenvalue weighted by Crippen LogP contribution is -2.14. The zero-order valence-corrected chi connectivity index (χ0v) is 9.72. The average molecular weight is 291 g/mol. The van der Waals surface area contributed by atoms with Gasteiger partial charge in [-0.15, -0.1) is 0 Å². The summed E-state index contributed by atoms with van der Waals surface area (Å²) in [6.45, 7) is 6.20. The van der Waals surface area contributed by atoms with Crippen LogP contribution in [0.3, 0.4) is 0 Å². The average Bonchev–Trinajstić information content (AvgIpc) is 2.44. The van der Waals surface area contributed by atoms with E-state index >= 15 is 0 Å². The monoisotopic (exact) mass is 291 g/mol. The third-order valence-corrected chi connectivity index (χ3v) is 2.02. The summed E-state index contributed by atoms with van der Waals surface area (Å²) >= 11 is 0. The zero-order chi connectivity index (χ0) is 15.4. The molecule has 0 saturated carbocycles. The number of allylic oxidation sites excluding steroid dienone is 2. The molecule has 0 fully saturated rings. The Balaban J connectivity index is 3.30. The van der Waals surface area contributed by atoms with Crippen molar-refractivity contribution in [1.29, 1.82) is 0 Å². The third-order valence-electron chi connectivity index (χ3n) is 2.02. The summed E-state index contributed by atoms with van der Waals surface area (Å²) in [7, 11) is 0. The molecular weight excluding hydrogens is 285 g/mol. The Bertz CT molecular complexity index is 596. The van der Waals surface area contributed by atoms with Crippen molar-refractivity contribution in [3.63, 3.8) is 0 Å². The molecular formula is C12H6F5NO2. The molecule has 0 unspecified atom stereocenters. The Morgan fingerprint density at radius 3 is 1.85 bits per heavy atom. The predicted octanol–water partition coefficient (Wildman–Crippen LogP) is 3.06. The van der Waals surface area contributed by atoms with Crippen molar-refractivity contribution in [3.05, 3.63) is 53.5 Å². The fourth-order valence-electron chi connectivity index (χ4n) is 1.12. The van der Waals surface area contributed by atoms with Crippen molar-refractivity contribution < 1.29 is 31.5 Å². The number of nitrogens with zero attached hydrogens (tertiary/aromatic N) is 1. The van der Waals surface area contributed by atoms with Gasteiger partial charge in [0.1, 0.15) is 5.70 Å². The number of rotatable bonds is 4. The van der Waals surface area contributed by atoms with Crippen molar-refractivity contribution in [1.82, 2.24) is 0 Å². The fourth-order valence-corrected chi connectivity index (χ4v) is 1.12. The molecule has 0 radical (unpaired) electrons. The Morgan fingerprint density at radius 1 is 1.00 bits per heavy atom. The van der Waals surface area contributed by atoms with Crippen LogP contribution < -0.4 is 4.74 Å². The number of esters is 1. The van der Waals surface area contributed by atoms with Gasteiger partial charge in [-0.3, -0.25) is 4.99 Å². The number of halogens is 5. The molecule has 0 spiro atoms. The van der Waals surface area contributed by atoms with E-state index in [-0.39, 0.29) is 0 Å². The lowest BCUT2D eigenvalue weighted by Gasteiger charge is -2.08. The van der Waals surface area contributed by atoms with Crippen molar-refractivity contribution in [3.8, 4) is 5.75 Å². The van der Waals surface area contributed by atoms with Crippen LogP contribution in [0.1, 0.15) is 0 Å². The van der Waals surface area contributed by atoms with Gasteiger partial charge in [0.25, 0.3) is 0 Å². The van der Waals surface area contributed by atoms with Gasteiger partial charge < -0.3 is 4.74 Å². The second-order valence-electron chi connectivity index (χ2n) is 3.23. The summed E-state index contributed by atoms with van der Waals surface area (Å²) in [4.78, 5) is 14.6. The Labute approximate surface area is 109 Å². The lowest BCUT2D eigenvalue weighted by atomic mass is 10.2. The van der Waals surface area contributed by atoms with E-state index in [2.05, 4.69) is 23.0 Å². The van der Waals surface area contributed by atoms with Crippen LogP contribution in [0.4, 0.5) is 22.0 Å². The first-order chi connectivity index (χ1) is 9.34. The second kappa shape index (κ2) is 6.09. The normalized spacial score (nSPS) is 11.2. The van der Waals surface area contributed by atoms with Crippen molar-refractivity contribution in [2.24, 2.45) is 4.99 Å². The van der Waals surface area contributed by atoms with Gasteiger partial charge in [-0.25, -0.2) is 18.0 Å². The van der Waals surface area contributed by atoms with Crippen LogP contribution in [0, 0.1) is 29.1 Å². The molecule has 0 amide bonds. The predicted molar refractivity (Wildman–Crippen MR) is 59.7 cm³/mol. The number of ether oxygens (including phenoxy) is 1. The smallest absolute Gasteiger partial charge is 0.362 e. The number of carbonyl (C=O) groups is 1. The molecule has 0 atom stereocenters. The molecule has 0 N–H and O–H groups in total. The Hall–Kier alpha value is -2.51. The maximum absolute atomic E-state index is 13.2. The molecule has 0 heterocycles. The van der Waals surface area contributed by atoms with Crippen LogP contribution >= 0.6 is 0 Å². The van der Waals surface area contributed by atoms with Crippen LogP contribution in [0.2, 0.25) is 0 Å². The van der Waals surface area contributed by atoms with E-state index < -0.39 is 46.5 Å². The number of hydrogen-bond donors (Lipinski definition) is 0. The van der Waals surface area contributed by atoms with E-state index in [1.54, 1.807) is 0 Å². The highest BCUT2D eigenvalue weighted by Crippen LogP contribution is 2.29. The van der Waals surface area contributed by atoms with Crippen molar-refractivity contribution in [2.45, 2.75) is 0 Å². The van der Waals surface area contributed by atoms with Gasteiger partial charge in [0, 0.05) is 0 Å². The number of carbonyl (C=O) groups excluding carboxylic acids is 1. The summed E-state index contributed by atoms with van der Waals surface area (Å²) in [5.41, 5.74) is -0.524. The highest BCUT2D eigenvalue weighted by atomic mass is 19.2. The summed E-state index contributed by atoms with van der Waals surface area (Å²) in [6, 6.07) is 0. The second-order valence-corrected chi connectivity index (χ2v) is 3.23. The van der Waals surface area contributed by atoms with Crippen LogP contribution in [0.15, 0.2) is 29.4 Å². The molecule has 8 heteroatoms. The molecule has 1 aromatic rings. The van der Waals surface area contributed by atoms with Gasteiger partial charge >= 0.3 is 5.97 Å². The first-order valence-electron chi connectivity index (χ1n) is 4.88. The fraction of sp³-hybridized carbons (Fsp3) is 0. The molecule has 1 rings (SSSR count). The molecule has 0 saturated heterocycles. The molecule has 0 aliphatic heterocycles. The first-order valence-corrected chi connectivity index (χ1v) is 4.88. The highest BCUT2D eigenvalue weighted by Gasteiger charge is 2.29. The maximum atomic E-state index is 13.2. The zero-order valence-electron chi connectivity index (χ0n) is 9.72. The van der Waals surface area contributed by atoms with Gasteiger partial charge in [-0.05, 0) is 12.8 Å². The molecule has 0 aliphatic rings. The number of aliphatic imine (C=N–C) groups is 1. The first kappa shape index (κ1) is 15.5. The number of benzene rings is 1. The van der Waals surface area contributed by atoms with E-state index in [0.717, 1.165) is 12.2 Å². The standard InChI is InChI=1S/C12H6F5NO2/c1-3-4-5(18-2)12(19)20-11-9(16)7(14)6(13)8(15)10(11)17/h3-4H,1-2H2/b5-4-. The SMILES string of the molecule is C=C/C=C(\N=C)C(=O)Oc1c(F)c(F)c(F)c(F)c1F. The number of hydrogen-bond acceptors (Lipinski definition) is 3. The molecule has 0 aromatic heterocycles. The molecule has 1 aromatic carbocycles. The van der Waals surface area contributed by atoms with E-state index in [9.17, 15) is 26.7 Å². The topological polar surface area (TPSA) is 38.7 Å².